The van der Waals surface area contributed by atoms with E-state index in [2.05, 4.69) is 12.2 Å². The van der Waals surface area contributed by atoms with Gasteiger partial charge in [0.25, 0.3) is 5.91 Å². The van der Waals surface area contributed by atoms with Gasteiger partial charge in [-0.1, -0.05) is 30.7 Å². The Labute approximate surface area is 155 Å². The number of halogens is 1. The van der Waals surface area contributed by atoms with Crippen molar-refractivity contribution >= 4 is 29.2 Å². The molecule has 132 valence electrons. The molecule has 3 rings (SSSR count). The summed E-state index contributed by atoms with van der Waals surface area (Å²) in [6, 6.07) is 15.2. The second-order valence-electron chi connectivity index (χ2n) is 5.67. The molecule has 6 heteroatoms. The van der Waals surface area contributed by atoms with E-state index in [1.54, 1.807) is 30.3 Å². The van der Waals surface area contributed by atoms with Crippen LogP contribution in [0.15, 0.2) is 59.0 Å². The maximum Gasteiger partial charge on any atom is 0.371 e. The van der Waals surface area contributed by atoms with Gasteiger partial charge in [-0.05, 0) is 54.4 Å². The van der Waals surface area contributed by atoms with Gasteiger partial charge in [0.15, 0.2) is 0 Å². The SMILES string of the molecule is CCc1ccc(C(=O)Nc2ccc(Cl)c(-c3ccc(C(=O)O)o3)c2)cc1. The van der Waals surface area contributed by atoms with Crippen molar-refractivity contribution in [3.05, 3.63) is 76.5 Å². The Balaban J connectivity index is 1.84. The average molecular weight is 370 g/mol. The third-order valence-electron chi connectivity index (χ3n) is 3.93. The van der Waals surface area contributed by atoms with Crippen molar-refractivity contribution < 1.29 is 19.1 Å². The zero-order chi connectivity index (χ0) is 18.7. The third kappa shape index (κ3) is 3.78. The Morgan fingerprint density at radius 2 is 1.81 bits per heavy atom. The van der Waals surface area contributed by atoms with Crippen LogP contribution in [0.1, 0.15) is 33.4 Å². The summed E-state index contributed by atoms with van der Waals surface area (Å²) < 4.78 is 5.29. The number of amides is 1. The highest BCUT2D eigenvalue weighted by Gasteiger charge is 2.14. The van der Waals surface area contributed by atoms with Crippen molar-refractivity contribution in [3.8, 4) is 11.3 Å². The summed E-state index contributed by atoms with van der Waals surface area (Å²) in [5, 5.41) is 12.2. The van der Waals surface area contributed by atoms with Crippen molar-refractivity contribution in [2.75, 3.05) is 5.32 Å². The lowest BCUT2D eigenvalue weighted by Gasteiger charge is -2.08. The van der Waals surface area contributed by atoms with Gasteiger partial charge in [0.2, 0.25) is 5.76 Å². The second kappa shape index (κ2) is 7.45. The van der Waals surface area contributed by atoms with Gasteiger partial charge in [-0.25, -0.2) is 4.79 Å². The molecule has 1 amide bonds. The summed E-state index contributed by atoms with van der Waals surface area (Å²) in [6.45, 7) is 2.05. The molecule has 0 saturated carbocycles. The number of nitrogens with one attached hydrogen (secondary N) is 1. The lowest BCUT2D eigenvalue weighted by atomic mass is 10.1. The lowest BCUT2D eigenvalue weighted by Crippen LogP contribution is -2.11. The molecule has 0 aliphatic carbocycles. The van der Waals surface area contributed by atoms with Crippen LogP contribution in [0, 0.1) is 0 Å². The number of carboxylic acid groups (broad SMARTS) is 1. The number of benzene rings is 2. The summed E-state index contributed by atoms with van der Waals surface area (Å²) in [6.07, 6.45) is 0.907. The Bertz CT molecular complexity index is 960. The minimum Gasteiger partial charge on any atom is -0.475 e. The Hall–Kier alpha value is -3.05. The summed E-state index contributed by atoms with van der Waals surface area (Å²) in [5.74, 6) is -1.27. The van der Waals surface area contributed by atoms with Gasteiger partial charge in [-0.15, -0.1) is 0 Å². The number of furan rings is 1. The van der Waals surface area contributed by atoms with Gasteiger partial charge in [0, 0.05) is 16.8 Å². The molecule has 0 unspecified atom stereocenters. The van der Waals surface area contributed by atoms with E-state index < -0.39 is 5.97 Å². The Morgan fingerprint density at radius 3 is 2.42 bits per heavy atom. The molecular formula is C20H16ClNO4. The van der Waals surface area contributed by atoms with Gasteiger partial charge in [0.05, 0.1) is 5.02 Å². The van der Waals surface area contributed by atoms with Crippen LogP contribution >= 0.6 is 11.6 Å². The van der Waals surface area contributed by atoms with Crippen LogP contribution in [-0.2, 0) is 6.42 Å². The maximum absolute atomic E-state index is 12.4. The lowest BCUT2D eigenvalue weighted by molar-refractivity contribution is 0.0663. The molecular weight excluding hydrogens is 354 g/mol. The van der Waals surface area contributed by atoms with E-state index in [0.29, 0.717) is 27.6 Å². The standard InChI is InChI=1S/C20H16ClNO4/c1-2-12-3-5-13(6-4-12)19(23)22-14-7-8-16(21)15(11-14)17-9-10-18(26-17)20(24)25/h3-11H,2H2,1H3,(H,22,23)(H,24,25). The van der Waals surface area contributed by atoms with Crippen LogP contribution in [-0.4, -0.2) is 17.0 Å². The molecule has 0 saturated heterocycles. The van der Waals surface area contributed by atoms with Crippen LogP contribution in [0.5, 0.6) is 0 Å². The van der Waals surface area contributed by atoms with Crippen LogP contribution in [0.25, 0.3) is 11.3 Å². The molecule has 1 heterocycles. The highest BCUT2D eigenvalue weighted by molar-refractivity contribution is 6.33. The van der Waals surface area contributed by atoms with Crippen LogP contribution in [0.2, 0.25) is 5.02 Å². The molecule has 0 spiro atoms. The fraction of sp³-hybridized carbons (Fsp3) is 0.100. The largest absolute Gasteiger partial charge is 0.475 e. The molecule has 0 atom stereocenters. The monoisotopic (exact) mass is 369 g/mol. The van der Waals surface area contributed by atoms with Crippen molar-refractivity contribution in [2.45, 2.75) is 13.3 Å². The van der Waals surface area contributed by atoms with Crippen LogP contribution < -0.4 is 5.32 Å². The summed E-state index contributed by atoms with van der Waals surface area (Å²) in [5.41, 5.74) is 2.73. The van der Waals surface area contributed by atoms with Gasteiger partial charge < -0.3 is 14.8 Å². The molecule has 26 heavy (non-hydrogen) atoms. The Kier molecular flexibility index (Phi) is 5.09. The molecule has 0 aliphatic heterocycles. The predicted octanol–water partition coefficient (Wildman–Crippen LogP) is 5.11. The van der Waals surface area contributed by atoms with Gasteiger partial charge >= 0.3 is 5.97 Å². The second-order valence-corrected chi connectivity index (χ2v) is 6.08. The summed E-state index contributed by atoms with van der Waals surface area (Å²) in [7, 11) is 0. The minimum atomic E-state index is -1.16. The van der Waals surface area contributed by atoms with Crippen LogP contribution in [0.3, 0.4) is 0 Å². The minimum absolute atomic E-state index is 0.179. The first-order valence-electron chi connectivity index (χ1n) is 8.01. The number of aryl methyl sites for hydroxylation is 1. The maximum atomic E-state index is 12.4. The number of aromatic carboxylic acids is 1. The number of hydrogen-bond donors (Lipinski definition) is 2. The molecule has 0 fully saturated rings. The molecule has 1 aromatic heterocycles. The first-order chi connectivity index (χ1) is 12.5. The predicted molar refractivity (Wildman–Crippen MR) is 99.9 cm³/mol. The quantitative estimate of drug-likeness (QED) is 0.654. The first-order valence-corrected chi connectivity index (χ1v) is 8.39. The van der Waals surface area contributed by atoms with Gasteiger partial charge in [-0.2, -0.15) is 0 Å². The van der Waals surface area contributed by atoms with E-state index in [1.165, 1.54) is 12.1 Å². The van der Waals surface area contributed by atoms with E-state index >= 15 is 0 Å². The smallest absolute Gasteiger partial charge is 0.371 e. The number of carbonyl (C=O) groups is 2. The van der Waals surface area contributed by atoms with E-state index in [0.717, 1.165) is 12.0 Å². The highest BCUT2D eigenvalue weighted by atomic mass is 35.5. The number of anilines is 1. The molecule has 5 nitrogen and oxygen atoms in total. The van der Waals surface area contributed by atoms with Crippen molar-refractivity contribution in [3.63, 3.8) is 0 Å². The Morgan fingerprint density at radius 1 is 1.08 bits per heavy atom. The summed E-state index contributed by atoms with van der Waals surface area (Å²) in [4.78, 5) is 23.4. The number of carboxylic acids is 1. The molecule has 0 radical (unpaired) electrons. The normalized spacial score (nSPS) is 10.5. The van der Waals surface area contributed by atoms with Crippen molar-refractivity contribution in [1.82, 2.24) is 0 Å². The first kappa shape index (κ1) is 17.8. The van der Waals surface area contributed by atoms with Crippen molar-refractivity contribution in [1.29, 1.82) is 0 Å². The van der Waals surface area contributed by atoms with E-state index in [1.807, 2.05) is 12.1 Å². The topological polar surface area (TPSA) is 79.5 Å². The van der Waals surface area contributed by atoms with Gasteiger partial charge in [0.1, 0.15) is 5.76 Å². The zero-order valence-corrected chi connectivity index (χ0v) is 14.7. The fourth-order valence-corrected chi connectivity index (χ4v) is 2.70. The summed E-state index contributed by atoms with van der Waals surface area (Å²) >= 11 is 6.19. The van der Waals surface area contributed by atoms with E-state index in [9.17, 15) is 9.59 Å². The van der Waals surface area contributed by atoms with E-state index in [4.69, 9.17) is 21.1 Å². The third-order valence-corrected chi connectivity index (χ3v) is 4.26. The average Bonchev–Trinajstić information content (AvgIpc) is 3.13. The molecule has 0 bridgehead atoms. The zero-order valence-electron chi connectivity index (χ0n) is 14.0. The van der Waals surface area contributed by atoms with Gasteiger partial charge in [-0.3, -0.25) is 4.79 Å². The highest BCUT2D eigenvalue weighted by Crippen LogP contribution is 2.32. The molecule has 3 aromatic rings. The molecule has 2 aromatic carbocycles. The van der Waals surface area contributed by atoms with Crippen LogP contribution in [0.4, 0.5) is 5.69 Å². The van der Waals surface area contributed by atoms with E-state index in [-0.39, 0.29) is 11.7 Å². The number of rotatable bonds is 5. The van der Waals surface area contributed by atoms with Crippen molar-refractivity contribution in [2.24, 2.45) is 0 Å². The molecule has 0 aliphatic rings. The number of hydrogen-bond acceptors (Lipinski definition) is 3. The molecule has 2 N–H and O–H groups in total. The fourth-order valence-electron chi connectivity index (χ4n) is 2.48. The number of carbonyl (C=O) groups excluding carboxylic acids is 1.